The molecule has 0 spiro atoms. The molecule has 1 aromatic heterocycles. The van der Waals surface area contributed by atoms with Gasteiger partial charge < -0.3 is 16.0 Å². The minimum atomic E-state index is 0.556. The molecule has 0 radical (unpaired) electrons. The van der Waals surface area contributed by atoms with Crippen molar-refractivity contribution in [1.29, 1.82) is 0 Å². The molecule has 0 aliphatic heterocycles. The highest BCUT2D eigenvalue weighted by Gasteiger charge is 2.20. The van der Waals surface area contributed by atoms with Gasteiger partial charge in [0.25, 0.3) is 0 Å². The summed E-state index contributed by atoms with van der Waals surface area (Å²) in [5.74, 6) is 1.80. The molecule has 102 valence electrons. The maximum absolute atomic E-state index is 5.78. The lowest BCUT2D eigenvalue weighted by atomic mass is 9.85. The van der Waals surface area contributed by atoms with Crippen LogP contribution in [0.2, 0.25) is 0 Å². The maximum atomic E-state index is 5.78. The van der Waals surface area contributed by atoms with Crippen molar-refractivity contribution >= 4 is 22.7 Å². The fourth-order valence-electron chi connectivity index (χ4n) is 3.00. The molecule has 0 bridgehead atoms. The summed E-state index contributed by atoms with van der Waals surface area (Å²) in [6, 6.07) is 6.34. The van der Waals surface area contributed by atoms with Crippen LogP contribution in [0, 0.1) is 5.92 Å². The SMILES string of the molecule is CCC1CCC(Nc2nc3ccc(N)cc3[nH]2)CC1. The van der Waals surface area contributed by atoms with E-state index in [0.29, 0.717) is 6.04 Å². The summed E-state index contributed by atoms with van der Waals surface area (Å²) >= 11 is 0. The summed E-state index contributed by atoms with van der Waals surface area (Å²) in [5.41, 5.74) is 8.53. The number of hydrogen-bond donors (Lipinski definition) is 3. The van der Waals surface area contributed by atoms with Gasteiger partial charge in [0.2, 0.25) is 5.95 Å². The molecule has 0 atom stereocenters. The lowest BCUT2D eigenvalue weighted by Crippen LogP contribution is -2.26. The van der Waals surface area contributed by atoms with Crippen LogP contribution in [-0.4, -0.2) is 16.0 Å². The van der Waals surface area contributed by atoms with Crippen LogP contribution < -0.4 is 11.1 Å². The molecule has 0 amide bonds. The Morgan fingerprint density at radius 1 is 1.32 bits per heavy atom. The number of rotatable bonds is 3. The lowest BCUT2D eigenvalue weighted by molar-refractivity contribution is 0.329. The predicted octanol–water partition coefficient (Wildman–Crippen LogP) is 3.53. The first-order valence-electron chi connectivity index (χ1n) is 7.26. The molecule has 4 N–H and O–H groups in total. The van der Waals surface area contributed by atoms with Crippen molar-refractivity contribution in [1.82, 2.24) is 9.97 Å². The van der Waals surface area contributed by atoms with Gasteiger partial charge in [0, 0.05) is 11.7 Å². The van der Waals surface area contributed by atoms with E-state index in [0.717, 1.165) is 28.6 Å². The number of H-pyrrole nitrogens is 1. The van der Waals surface area contributed by atoms with E-state index in [4.69, 9.17) is 5.73 Å². The van der Waals surface area contributed by atoms with Crippen LogP contribution in [0.25, 0.3) is 11.0 Å². The normalized spacial score (nSPS) is 23.6. The summed E-state index contributed by atoms with van der Waals surface area (Å²) in [4.78, 5) is 7.87. The topological polar surface area (TPSA) is 66.7 Å². The average Bonchev–Trinajstić information content (AvgIpc) is 2.81. The molecular weight excluding hydrogens is 236 g/mol. The largest absolute Gasteiger partial charge is 0.399 e. The zero-order valence-electron chi connectivity index (χ0n) is 11.4. The first kappa shape index (κ1) is 12.3. The number of aromatic nitrogens is 2. The van der Waals surface area contributed by atoms with Crippen molar-refractivity contribution in [3.63, 3.8) is 0 Å². The van der Waals surface area contributed by atoms with E-state index in [2.05, 4.69) is 22.2 Å². The van der Waals surface area contributed by atoms with Crippen LogP contribution in [0.5, 0.6) is 0 Å². The molecular formula is C15H22N4. The summed E-state index contributed by atoms with van der Waals surface area (Å²) in [5, 5.41) is 3.53. The van der Waals surface area contributed by atoms with Crippen LogP contribution in [0.15, 0.2) is 18.2 Å². The quantitative estimate of drug-likeness (QED) is 0.738. The molecule has 0 saturated heterocycles. The highest BCUT2D eigenvalue weighted by Crippen LogP contribution is 2.28. The van der Waals surface area contributed by atoms with Crippen molar-refractivity contribution in [3.8, 4) is 0 Å². The van der Waals surface area contributed by atoms with Gasteiger partial charge in [-0.3, -0.25) is 0 Å². The molecule has 0 unspecified atom stereocenters. The molecule has 1 fully saturated rings. The van der Waals surface area contributed by atoms with E-state index in [1.165, 1.54) is 32.1 Å². The van der Waals surface area contributed by atoms with Gasteiger partial charge in [-0.1, -0.05) is 13.3 Å². The van der Waals surface area contributed by atoms with Gasteiger partial charge in [0.15, 0.2) is 0 Å². The fraction of sp³-hybridized carbons (Fsp3) is 0.533. The summed E-state index contributed by atoms with van der Waals surface area (Å²) in [7, 11) is 0. The maximum Gasteiger partial charge on any atom is 0.201 e. The second-order valence-corrected chi connectivity index (χ2v) is 5.63. The van der Waals surface area contributed by atoms with Crippen LogP contribution in [-0.2, 0) is 0 Å². The second-order valence-electron chi connectivity index (χ2n) is 5.63. The van der Waals surface area contributed by atoms with Gasteiger partial charge in [-0.2, -0.15) is 0 Å². The number of anilines is 2. The van der Waals surface area contributed by atoms with Crippen molar-refractivity contribution in [2.75, 3.05) is 11.1 Å². The van der Waals surface area contributed by atoms with Crippen molar-refractivity contribution in [2.45, 2.75) is 45.1 Å². The number of aromatic amines is 1. The molecule has 4 heteroatoms. The number of nitrogens with zero attached hydrogens (tertiary/aromatic N) is 1. The Morgan fingerprint density at radius 2 is 2.11 bits per heavy atom. The molecule has 1 aromatic carbocycles. The number of imidazole rings is 1. The summed E-state index contributed by atoms with van der Waals surface area (Å²) in [6.45, 7) is 2.29. The van der Waals surface area contributed by atoms with E-state index in [-0.39, 0.29) is 0 Å². The Balaban J connectivity index is 1.68. The van der Waals surface area contributed by atoms with E-state index < -0.39 is 0 Å². The lowest BCUT2D eigenvalue weighted by Gasteiger charge is -2.28. The third-order valence-electron chi connectivity index (χ3n) is 4.27. The van der Waals surface area contributed by atoms with Crippen molar-refractivity contribution < 1.29 is 0 Å². The summed E-state index contributed by atoms with van der Waals surface area (Å²) < 4.78 is 0. The van der Waals surface area contributed by atoms with E-state index >= 15 is 0 Å². The van der Waals surface area contributed by atoms with Crippen molar-refractivity contribution in [3.05, 3.63) is 18.2 Å². The number of nitrogen functional groups attached to an aromatic ring is 1. The molecule has 1 aliphatic rings. The smallest absolute Gasteiger partial charge is 0.201 e. The molecule has 19 heavy (non-hydrogen) atoms. The molecule has 2 aromatic rings. The first-order valence-corrected chi connectivity index (χ1v) is 7.26. The molecule has 4 nitrogen and oxygen atoms in total. The monoisotopic (exact) mass is 258 g/mol. The Kier molecular flexibility index (Phi) is 3.32. The van der Waals surface area contributed by atoms with Gasteiger partial charge in [0.05, 0.1) is 11.0 Å². The minimum absolute atomic E-state index is 0.556. The van der Waals surface area contributed by atoms with Gasteiger partial charge in [0.1, 0.15) is 0 Å². The second kappa shape index (κ2) is 5.11. The third kappa shape index (κ3) is 2.67. The number of nitrogens with two attached hydrogens (primary N) is 1. The van der Waals surface area contributed by atoms with Crippen LogP contribution in [0.1, 0.15) is 39.0 Å². The highest BCUT2D eigenvalue weighted by molar-refractivity contribution is 5.80. The first-order chi connectivity index (χ1) is 9.24. The Hall–Kier alpha value is -1.71. The van der Waals surface area contributed by atoms with Crippen molar-refractivity contribution in [2.24, 2.45) is 5.92 Å². The standard InChI is InChI=1S/C15H22N4/c1-2-10-3-6-12(7-4-10)17-15-18-13-8-5-11(16)9-14(13)19-15/h5,8-10,12H,2-4,6-7,16H2,1H3,(H2,17,18,19). The highest BCUT2D eigenvalue weighted by atomic mass is 15.1. The molecule has 1 heterocycles. The molecule has 3 rings (SSSR count). The number of fused-ring (bicyclic) bond motifs is 1. The van der Waals surface area contributed by atoms with E-state index in [1.54, 1.807) is 0 Å². The van der Waals surface area contributed by atoms with Gasteiger partial charge in [-0.25, -0.2) is 4.98 Å². The number of benzene rings is 1. The molecule has 1 saturated carbocycles. The minimum Gasteiger partial charge on any atom is -0.399 e. The Labute approximate surface area is 113 Å². The Bertz CT molecular complexity index is 552. The van der Waals surface area contributed by atoms with Crippen LogP contribution in [0.4, 0.5) is 11.6 Å². The van der Waals surface area contributed by atoms with Gasteiger partial charge >= 0.3 is 0 Å². The molecule has 1 aliphatic carbocycles. The Morgan fingerprint density at radius 3 is 2.84 bits per heavy atom. The zero-order chi connectivity index (χ0) is 13.2. The predicted molar refractivity (Wildman–Crippen MR) is 80.2 cm³/mol. The average molecular weight is 258 g/mol. The fourth-order valence-corrected chi connectivity index (χ4v) is 3.00. The third-order valence-corrected chi connectivity index (χ3v) is 4.27. The van der Waals surface area contributed by atoms with Gasteiger partial charge in [-0.15, -0.1) is 0 Å². The number of nitrogens with one attached hydrogen (secondary N) is 2. The van der Waals surface area contributed by atoms with E-state index in [1.807, 2.05) is 18.2 Å². The van der Waals surface area contributed by atoms with Gasteiger partial charge in [-0.05, 0) is 49.8 Å². The van der Waals surface area contributed by atoms with E-state index in [9.17, 15) is 0 Å². The van der Waals surface area contributed by atoms with Crippen LogP contribution >= 0.6 is 0 Å². The zero-order valence-corrected chi connectivity index (χ0v) is 11.4. The summed E-state index contributed by atoms with van der Waals surface area (Å²) in [6.07, 6.45) is 6.48. The number of hydrogen-bond acceptors (Lipinski definition) is 3. The van der Waals surface area contributed by atoms with Crippen LogP contribution in [0.3, 0.4) is 0 Å².